The topological polar surface area (TPSA) is 104 Å². The first-order chi connectivity index (χ1) is 12.7. The number of hydrogen-bond acceptors (Lipinski definition) is 7. The molecule has 0 bridgehead atoms. The zero-order chi connectivity index (χ0) is 17.9. The van der Waals surface area contributed by atoms with Gasteiger partial charge in [0, 0.05) is 18.0 Å². The van der Waals surface area contributed by atoms with Gasteiger partial charge in [-0.2, -0.15) is 10.5 Å². The van der Waals surface area contributed by atoms with Crippen molar-refractivity contribution in [2.75, 3.05) is 0 Å². The van der Waals surface area contributed by atoms with Gasteiger partial charge in [-0.25, -0.2) is 10.9 Å². The molecule has 2 heterocycles. The van der Waals surface area contributed by atoms with Crippen LogP contribution in [0, 0.1) is 12.8 Å². The Labute approximate surface area is 152 Å². The van der Waals surface area contributed by atoms with E-state index < -0.39 is 0 Å². The van der Waals surface area contributed by atoms with Crippen LogP contribution in [0.15, 0.2) is 34.9 Å². The summed E-state index contributed by atoms with van der Waals surface area (Å²) in [4.78, 5) is 17.2. The number of aromatic nitrogens is 2. The molecule has 4 unspecified atom stereocenters. The van der Waals surface area contributed by atoms with E-state index in [1.54, 1.807) is 6.92 Å². The highest BCUT2D eigenvalue weighted by Crippen LogP contribution is 2.27. The monoisotopic (exact) mass is 356 g/mol. The average Bonchev–Trinajstić information content (AvgIpc) is 3.29. The Hall–Kier alpha value is -2.29. The molecule has 138 valence electrons. The summed E-state index contributed by atoms with van der Waals surface area (Å²) in [6.07, 6.45) is 3.15. The highest BCUT2D eigenvalue weighted by Gasteiger charge is 2.37. The van der Waals surface area contributed by atoms with Crippen LogP contribution >= 0.6 is 0 Å². The van der Waals surface area contributed by atoms with Crippen LogP contribution in [-0.2, 0) is 11.2 Å². The first-order valence-corrected chi connectivity index (χ1v) is 9.09. The molecular weight excluding hydrogens is 332 g/mol. The number of hydrogen-bond donors (Lipinski definition) is 4. The summed E-state index contributed by atoms with van der Waals surface area (Å²) >= 11 is 0. The number of amides is 1. The normalized spacial score (nSPS) is 26.3. The highest BCUT2D eigenvalue weighted by atomic mass is 16.5. The van der Waals surface area contributed by atoms with Crippen LogP contribution in [0.1, 0.15) is 42.6 Å². The Morgan fingerprint density at radius 1 is 1.27 bits per heavy atom. The molecule has 1 aliphatic heterocycles. The smallest absolute Gasteiger partial charge is 0.229 e. The molecule has 2 fully saturated rings. The highest BCUT2D eigenvalue weighted by molar-refractivity contribution is 5.79. The zero-order valence-electron chi connectivity index (χ0n) is 14.7. The van der Waals surface area contributed by atoms with E-state index in [1.807, 2.05) is 30.3 Å². The molecule has 2 aliphatic rings. The summed E-state index contributed by atoms with van der Waals surface area (Å²) in [6.45, 7) is 1.79. The van der Waals surface area contributed by atoms with Gasteiger partial charge in [0.25, 0.3) is 0 Å². The minimum absolute atomic E-state index is 0.00100. The van der Waals surface area contributed by atoms with Crippen LogP contribution in [0.4, 0.5) is 0 Å². The van der Waals surface area contributed by atoms with Crippen LogP contribution in [-0.4, -0.2) is 28.1 Å². The van der Waals surface area contributed by atoms with Crippen molar-refractivity contribution < 1.29 is 9.32 Å². The summed E-state index contributed by atoms with van der Waals surface area (Å²) in [5, 5.41) is 7.05. The Bertz CT molecular complexity index is 749. The Balaban J connectivity index is 1.46. The summed E-state index contributed by atoms with van der Waals surface area (Å²) < 4.78 is 5.26. The van der Waals surface area contributed by atoms with Crippen molar-refractivity contribution in [1.82, 2.24) is 31.8 Å². The first kappa shape index (κ1) is 17.1. The molecule has 0 spiro atoms. The second-order valence-electron chi connectivity index (χ2n) is 7.05. The van der Waals surface area contributed by atoms with E-state index in [0.717, 1.165) is 24.8 Å². The van der Waals surface area contributed by atoms with Crippen molar-refractivity contribution in [1.29, 1.82) is 0 Å². The number of hydrazine groups is 2. The molecule has 8 heteroatoms. The molecule has 1 saturated carbocycles. The number of carbonyl (C=O) groups excluding carboxylic acids is 1. The molecule has 1 aliphatic carbocycles. The zero-order valence-corrected chi connectivity index (χ0v) is 14.7. The van der Waals surface area contributed by atoms with Gasteiger partial charge in [-0.3, -0.25) is 4.79 Å². The van der Waals surface area contributed by atoms with Crippen molar-refractivity contribution in [3.05, 3.63) is 47.6 Å². The third-order valence-electron chi connectivity index (χ3n) is 5.20. The van der Waals surface area contributed by atoms with Gasteiger partial charge in [0.05, 0.1) is 12.5 Å². The van der Waals surface area contributed by atoms with Gasteiger partial charge in [0.15, 0.2) is 5.82 Å². The van der Waals surface area contributed by atoms with Crippen LogP contribution in [0.25, 0.3) is 0 Å². The minimum atomic E-state index is -0.186. The average molecular weight is 356 g/mol. The third kappa shape index (κ3) is 3.77. The SMILES string of the molecule is Cc1noc(CC(NC(=O)C2CCC3NNNC3C2)c2ccccc2)n1. The maximum Gasteiger partial charge on any atom is 0.229 e. The summed E-state index contributed by atoms with van der Waals surface area (Å²) in [5.41, 5.74) is 10.4. The summed E-state index contributed by atoms with van der Waals surface area (Å²) in [7, 11) is 0. The van der Waals surface area contributed by atoms with Crippen molar-refractivity contribution in [3.8, 4) is 0 Å². The quantitative estimate of drug-likeness (QED) is 0.632. The van der Waals surface area contributed by atoms with Gasteiger partial charge in [-0.15, -0.1) is 0 Å². The maximum atomic E-state index is 12.9. The van der Waals surface area contributed by atoms with Gasteiger partial charge < -0.3 is 9.84 Å². The Morgan fingerprint density at radius 3 is 2.85 bits per heavy atom. The predicted octanol–water partition coefficient (Wildman–Crippen LogP) is 0.928. The number of rotatable bonds is 5. The first-order valence-electron chi connectivity index (χ1n) is 9.09. The molecule has 8 nitrogen and oxygen atoms in total. The molecule has 0 radical (unpaired) electrons. The maximum absolute atomic E-state index is 12.9. The van der Waals surface area contributed by atoms with E-state index in [9.17, 15) is 4.79 Å². The molecule has 4 N–H and O–H groups in total. The molecule has 1 aromatic carbocycles. The molecule has 4 atom stereocenters. The van der Waals surface area contributed by atoms with Crippen LogP contribution in [0.5, 0.6) is 0 Å². The van der Waals surface area contributed by atoms with Gasteiger partial charge in [-0.1, -0.05) is 35.5 Å². The standard InChI is InChI=1S/C18H24N6O2/c1-11-19-17(26-23-11)10-15(12-5-3-2-4-6-12)20-18(25)13-7-8-14-16(9-13)22-24-21-14/h2-6,13-16,21-22,24H,7-10H2,1H3,(H,20,25). The number of carbonyl (C=O) groups is 1. The van der Waals surface area contributed by atoms with Crippen molar-refractivity contribution in [3.63, 3.8) is 0 Å². The molecule has 4 rings (SSSR count). The van der Waals surface area contributed by atoms with Crippen molar-refractivity contribution in [2.45, 2.75) is 50.7 Å². The van der Waals surface area contributed by atoms with Crippen LogP contribution < -0.4 is 21.7 Å². The van der Waals surface area contributed by atoms with E-state index >= 15 is 0 Å². The van der Waals surface area contributed by atoms with E-state index in [4.69, 9.17) is 4.52 Å². The fraction of sp³-hybridized carbons (Fsp3) is 0.500. The molecule has 26 heavy (non-hydrogen) atoms. The lowest BCUT2D eigenvalue weighted by Crippen LogP contribution is -2.45. The van der Waals surface area contributed by atoms with Gasteiger partial charge >= 0.3 is 0 Å². The third-order valence-corrected chi connectivity index (χ3v) is 5.20. The minimum Gasteiger partial charge on any atom is -0.349 e. The Kier molecular flexibility index (Phi) is 4.96. The van der Waals surface area contributed by atoms with Gasteiger partial charge in [-0.05, 0) is 31.7 Å². The Morgan fingerprint density at radius 2 is 2.08 bits per heavy atom. The van der Waals surface area contributed by atoms with E-state index in [0.29, 0.717) is 24.2 Å². The summed E-state index contributed by atoms with van der Waals surface area (Å²) in [6, 6.07) is 10.4. The second-order valence-corrected chi connectivity index (χ2v) is 7.05. The largest absolute Gasteiger partial charge is 0.349 e. The fourth-order valence-electron chi connectivity index (χ4n) is 3.79. The van der Waals surface area contributed by atoms with Crippen LogP contribution in [0.2, 0.25) is 0 Å². The van der Waals surface area contributed by atoms with E-state index in [1.165, 1.54) is 0 Å². The lowest BCUT2D eigenvalue weighted by molar-refractivity contribution is -0.127. The lowest BCUT2D eigenvalue weighted by atomic mass is 9.82. The van der Waals surface area contributed by atoms with Crippen molar-refractivity contribution in [2.24, 2.45) is 5.92 Å². The van der Waals surface area contributed by atoms with E-state index in [2.05, 4.69) is 31.8 Å². The molecular formula is C18H24N6O2. The lowest BCUT2D eigenvalue weighted by Gasteiger charge is -2.30. The number of nitrogens with one attached hydrogen (secondary N) is 4. The molecule has 2 aromatic rings. The molecule has 1 saturated heterocycles. The second kappa shape index (κ2) is 7.53. The van der Waals surface area contributed by atoms with Gasteiger partial charge in [0.2, 0.25) is 11.8 Å². The fourth-order valence-corrected chi connectivity index (χ4v) is 3.79. The van der Waals surface area contributed by atoms with E-state index in [-0.39, 0.29) is 23.9 Å². The predicted molar refractivity (Wildman–Crippen MR) is 94.4 cm³/mol. The van der Waals surface area contributed by atoms with Crippen molar-refractivity contribution >= 4 is 5.91 Å². The van der Waals surface area contributed by atoms with Crippen LogP contribution in [0.3, 0.4) is 0 Å². The summed E-state index contributed by atoms with van der Waals surface area (Å²) in [5.74, 6) is 1.22. The molecule has 1 aromatic heterocycles. The number of benzene rings is 1. The number of aryl methyl sites for hydroxylation is 1. The van der Waals surface area contributed by atoms with Gasteiger partial charge in [0.1, 0.15) is 0 Å². The number of fused-ring (bicyclic) bond motifs is 1. The molecule has 1 amide bonds. The number of nitrogens with zero attached hydrogens (tertiary/aromatic N) is 2.